The Morgan fingerprint density at radius 3 is 2.73 bits per heavy atom. The molecule has 2 rings (SSSR count). The van der Waals surface area contributed by atoms with E-state index in [-0.39, 0.29) is 6.04 Å². The Morgan fingerprint density at radius 2 is 2.20 bits per heavy atom. The van der Waals surface area contributed by atoms with Crippen molar-refractivity contribution < 1.29 is 9.90 Å². The van der Waals surface area contributed by atoms with Gasteiger partial charge in [-0.1, -0.05) is 13.3 Å². The molecule has 86 valence electrons. The van der Waals surface area contributed by atoms with Crippen LogP contribution >= 0.6 is 0 Å². The molecule has 1 amide bonds. The molecule has 4 nitrogen and oxygen atoms in total. The first-order chi connectivity index (χ1) is 7.19. The SMILES string of the molecule is CCCC1N(C(=O)O)CC12CCNCC2. The Kier molecular flexibility index (Phi) is 2.87. The molecule has 0 radical (unpaired) electrons. The van der Waals surface area contributed by atoms with Gasteiger partial charge in [0.1, 0.15) is 0 Å². The predicted octanol–water partition coefficient (Wildman–Crippen LogP) is 1.52. The molecule has 0 aromatic heterocycles. The van der Waals surface area contributed by atoms with Crippen LogP contribution < -0.4 is 5.32 Å². The van der Waals surface area contributed by atoms with Crippen LogP contribution in [-0.2, 0) is 0 Å². The fourth-order valence-corrected chi connectivity index (χ4v) is 3.13. The number of nitrogens with one attached hydrogen (secondary N) is 1. The van der Waals surface area contributed by atoms with Crippen LogP contribution in [-0.4, -0.2) is 41.8 Å². The number of amides is 1. The van der Waals surface area contributed by atoms with Crippen molar-refractivity contribution in [2.75, 3.05) is 19.6 Å². The minimum atomic E-state index is -0.738. The van der Waals surface area contributed by atoms with E-state index in [1.165, 1.54) is 0 Å². The summed E-state index contributed by atoms with van der Waals surface area (Å²) in [7, 11) is 0. The third-order valence-electron chi connectivity index (χ3n) is 3.98. The van der Waals surface area contributed by atoms with Gasteiger partial charge in [-0.3, -0.25) is 0 Å². The summed E-state index contributed by atoms with van der Waals surface area (Å²) in [6, 6.07) is 0.280. The second-order valence-electron chi connectivity index (χ2n) is 4.83. The van der Waals surface area contributed by atoms with Crippen molar-refractivity contribution in [1.82, 2.24) is 10.2 Å². The zero-order valence-corrected chi connectivity index (χ0v) is 9.33. The highest BCUT2D eigenvalue weighted by molar-refractivity contribution is 5.67. The van der Waals surface area contributed by atoms with Gasteiger partial charge in [-0.05, 0) is 32.4 Å². The fraction of sp³-hybridized carbons (Fsp3) is 0.909. The molecule has 1 unspecified atom stereocenters. The molecule has 0 aliphatic carbocycles. The first-order valence-corrected chi connectivity index (χ1v) is 5.90. The molecule has 2 aliphatic rings. The summed E-state index contributed by atoms with van der Waals surface area (Å²) in [4.78, 5) is 12.6. The van der Waals surface area contributed by atoms with Gasteiger partial charge >= 0.3 is 6.09 Å². The molecule has 0 saturated carbocycles. The van der Waals surface area contributed by atoms with Crippen molar-refractivity contribution in [3.63, 3.8) is 0 Å². The van der Waals surface area contributed by atoms with Crippen LogP contribution in [0.15, 0.2) is 0 Å². The Morgan fingerprint density at radius 1 is 1.53 bits per heavy atom. The molecule has 2 saturated heterocycles. The van der Waals surface area contributed by atoms with E-state index in [4.69, 9.17) is 5.11 Å². The van der Waals surface area contributed by atoms with Crippen LogP contribution in [0, 0.1) is 5.41 Å². The smallest absolute Gasteiger partial charge is 0.407 e. The van der Waals surface area contributed by atoms with Crippen LogP contribution in [0.1, 0.15) is 32.6 Å². The lowest BCUT2D eigenvalue weighted by Crippen LogP contribution is -2.68. The maximum atomic E-state index is 11.0. The fourth-order valence-electron chi connectivity index (χ4n) is 3.13. The van der Waals surface area contributed by atoms with Crippen LogP contribution in [0.5, 0.6) is 0 Å². The number of nitrogens with zero attached hydrogens (tertiary/aromatic N) is 1. The normalized spacial score (nSPS) is 28.9. The summed E-state index contributed by atoms with van der Waals surface area (Å²) < 4.78 is 0. The lowest BCUT2D eigenvalue weighted by Gasteiger charge is -2.58. The predicted molar refractivity (Wildman–Crippen MR) is 58.0 cm³/mol. The van der Waals surface area contributed by atoms with E-state index in [1.54, 1.807) is 4.90 Å². The van der Waals surface area contributed by atoms with E-state index in [9.17, 15) is 4.79 Å². The summed E-state index contributed by atoms with van der Waals surface area (Å²) >= 11 is 0. The van der Waals surface area contributed by atoms with Gasteiger partial charge in [0.25, 0.3) is 0 Å². The lowest BCUT2D eigenvalue weighted by atomic mass is 9.64. The molecule has 1 spiro atoms. The molecular weight excluding hydrogens is 192 g/mol. The molecule has 4 heteroatoms. The Bertz CT molecular complexity index is 249. The zero-order chi connectivity index (χ0) is 10.9. The van der Waals surface area contributed by atoms with Crippen LogP contribution in [0.2, 0.25) is 0 Å². The van der Waals surface area contributed by atoms with Gasteiger partial charge in [0.2, 0.25) is 0 Å². The van der Waals surface area contributed by atoms with Crippen molar-refractivity contribution >= 4 is 6.09 Å². The average Bonchev–Trinajstić information content (AvgIpc) is 2.24. The molecule has 2 N–H and O–H groups in total. The summed E-state index contributed by atoms with van der Waals surface area (Å²) in [5, 5.41) is 12.4. The summed E-state index contributed by atoms with van der Waals surface area (Å²) in [6.07, 6.45) is 3.64. The van der Waals surface area contributed by atoms with Gasteiger partial charge in [0.15, 0.2) is 0 Å². The first kappa shape index (κ1) is 10.7. The molecule has 2 heterocycles. The summed E-state index contributed by atoms with van der Waals surface area (Å²) in [5.74, 6) is 0. The largest absolute Gasteiger partial charge is 0.465 e. The topological polar surface area (TPSA) is 52.6 Å². The highest BCUT2D eigenvalue weighted by atomic mass is 16.4. The number of carbonyl (C=O) groups is 1. The third-order valence-corrected chi connectivity index (χ3v) is 3.98. The molecule has 2 fully saturated rings. The summed E-state index contributed by atoms with van der Waals surface area (Å²) in [5.41, 5.74) is 0.305. The van der Waals surface area contributed by atoms with E-state index < -0.39 is 6.09 Å². The lowest BCUT2D eigenvalue weighted by molar-refractivity contribution is -0.0782. The summed E-state index contributed by atoms with van der Waals surface area (Å²) in [6.45, 7) is 4.99. The highest BCUT2D eigenvalue weighted by Crippen LogP contribution is 2.46. The van der Waals surface area contributed by atoms with Crippen LogP contribution in [0.4, 0.5) is 4.79 Å². The van der Waals surface area contributed by atoms with E-state index in [0.29, 0.717) is 5.41 Å². The monoisotopic (exact) mass is 212 g/mol. The van der Waals surface area contributed by atoms with Crippen LogP contribution in [0.25, 0.3) is 0 Å². The molecule has 0 aromatic rings. The van der Waals surface area contributed by atoms with E-state index in [2.05, 4.69) is 12.2 Å². The van der Waals surface area contributed by atoms with E-state index in [0.717, 1.165) is 45.3 Å². The average molecular weight is 212 g/mol. The van der Waals surface area contributed by atoms with Crippen molar-refractivity contribution in [2.45, 2.75) is 38.6 Å². The molecule has 2 aliphatic heterocycles. The maximum Gasteiger partial charge on any atom is 0.407 e. The number of carboxylic acid groups (broad SMARTS) is 1. The molecule has 0 aromatic carbocycles. The second-order valence-corrected chi connectivity index (χ2v) is 4.83. The van der Waals surface area contributed by atoms with Gasteiger partial charge in [-0.25, -0.2) is 4.79 Å². The number of piperidine rings is 1. The van der Waals surface area contributed by atoms with Crippen molar-refractivity contribution in [1.29, 1.82) is 0 Å². The number of likely N-dealkylation sites (tertiary alicyclic amines) is 1. The van der Waals surface area contributed by atoms with Crippen molar-refractivity contribution in [3.05, 3.63) is 0 Å². The van der Waals surface area contributed by atoms with Crippen molar-refractivity contribution in [2.24, 2.45) is 5.41 Å². The van der Waals surface area contributed by atoms with Gasteiger partial charge in [0, 0.05) is 18.0 Å². The minimum absolute atomic E-state index is 0.280. The minimum Gasteiger partial charge on any atom is -0.465 e. The van der Waals surface area contributed by atoms with Crippen molar-refractivity contribution in [3.8, 4) is 0 Å². The molecule has 1 atom stereocenters. The molecule has 0 bridgehead atoms. The Hall–Kier alpha value is -0.770. The quantitative estimate of drug-likeness (QED) is 0.729. The third kappa shape index (κ3) is 1.71. The molecule has 15 heavy (non-hydrogen) atoms. The van der Waals surface area contributed by atoms with E-state index in [1.807, 2.05) is 0 Å². The standard InChI is InChI=1S/C11H20N2O2/c1-2-3-9-11(4-6-12-7-5-11)8-13(9)10(14)15/h9,12H,2-8H2,1H3,(H,14,15). The van der Waals surface area contributed by atoms with Crippen LogP contribution in [0.3, 0.4) is 0 Å². The number of hydrogen-bond donors (Lipinski definition) is 2. The Balaban J connectivity index is 2.04. The zero-order valence-electron chi connectivity index (χ0n) is 9.33. The van der Waals surface area contributed by atoms with Gasteiger partial charge in [0.05, 0.1) is 0 Å². The number of hydrogen-bond acceptors (Lipinski definition) is 2. The maximum absolute atomic E-state index is 11.0. The second kappa shape index (κ2) is 4.00. The van der Waals surface area contributed by atoms with Gasteiger partial charge in [-0.2, -0.15) is 0 Å². The Labute approximate surface area is 90.6 Å². The molecular formula is C11H20N2O2. The van der Waals surface area contributed by atoms with E-state index >= 15 is 0 Å². The number of rotatable bonds is 2. The highest BCUT2D eigenvalue weighted by Gasteiger charge is 2.53. The van der Waals surface area contributed by atoms with Gasteiger partial charge < -0.3 is 15.3 Å². The van der Waals surface area contributed by atoms with Gasteiger partial charge in [-0.15, -0.1) is 0 Å². The first-order valence-electron chi connectivity index (χ1n) is 5.90.